The number of benzene rings is 2. The van der Waals surface area contributed by atoms with Crippen molar-refractivity contribution < 1.29 is 4.98 Å². The lowest BCUT2D eigenvalue weighted by Crippen LogP contribution is -2.26. The second kappa shape index (κ2) is 5.21. The summed E-state index contributed by atoms with van der Waals surface area (Å²) in [6.07, 6.45) is 2.59. The molecule has 0 atom stereocenters. The lowest BCUT2D eigenvalue weighted by molar-refractivity contribution is -0.330. The number of nitrogens with one attached hydrogen (secondary N) is 1. The first-order valence-electron chi connectivity index (χ1n) is 7.67. The van der Waals surface area contributed by atoms with Gasteiger partial charge in [0.15, 0.2) is 0 Å². The van der Waals surface area contributed by atoms with E-state index in [1.54, 1.807) is 0 Å². The van der Waals surface area contributed by atoms with Crippen LogP contribution in [0.3, 0.4) is 0 Å². The third-order valence-corrected chi connectivity index (χ3v) is 4.29. The van der Waals surface area contributed by atoms with Gasteiger partial charge in [0.1, 0.15) is 5.52 Å². The van der Waals surface area contributed by atoms with Crippen molar-refractivity contribution in [2.45, 2.75) is 12.8 Å². The van der Waals surface area contributed by atoms with Gasteiger partial charge in [0.05, 0.1) is 13.1 Å². The van der Waals surface area contributed by atoms with Crippen molar-refractivity contribution in [3.8, 4) is 11.1 Å². The molecule has 4 rings (SSSR count). The first-order valence-corrected chi connectivity index (χ1v) is 7.67. The van der Waals surface area contributed by atoms with Gasteiger partial charge in [-0.15, -0.1) is 0 Å². The lowest BCUT2D eigenvalue weighted by Gasteiger charge is -2.12. The Hall–Kier alpha value is -2.35. The second-order valence-electron chi connectivity index (χ2n) is 5.67. The number of hydrogen-bond donors (Lipinski definition) is 0. The van der Waals surface area contributed by atoms with Crippen LogP contribution in [0.15, 0.2) is 60.7 Å². The molecule has 1 N–H and O–H groups in total. The van der Waals surface area contributed by atoms with Gasteiger partial charge in [-0.2, -0.15) is 0 Å². The summed E-state index contributed by atoms with van der Waals surface area (Å²) in [5.41, 5.74) is 3.80. The molecule has 0 bridgehead atoms. The number of nitrogens with zero attached hydrogens (tertiary/aromatic N) is 1. The molecule has 0 unspecified atom stereocenters. The molecule has 0 spiro atoms. The van der Waals surface area contributed by atoms with Crippen molar-refractivity contribution in [3.63, 3.8) is 0 Å². The highest BCUT2D eigenvalue weighted by atomic mass is 15.2. The topological polar surface area (TPSA) is 17.4 Å². The zero-order valence-corrected chi connectivity index (χ0v) is 12.0. The van der Waals surface area contributed by atoms with E-state index in [2.05, 4.69) is 70.5 Å². The van der Waals surface area contributed by atoms with Crippen LogP contribution in [0.25, 0.3) is 22.0 Å². The van der Waals surface area contributed by atoms with Gasteiger partial charge in [0.25, 0.3) is 5.82 Å². The molecule has 2 aromatic carbocycles. The maximum absolute atomic E-state index is 3.60. The van der Waals surface area contributed by atoms with Gasteiger partial charge in [0, 0.05) is 17.0 Å². The first-order chi connectivity index (χ1) is 10.4. The van der Waals surface area contributed by atoms with E-state index in [0.717, 1.165) is 13.1 Å². The molecule has 1 aliphatic heterocycles. The zero-order valence-electron chi connectivity index (χ0n) is 12.0. The zero-order chi connectivity index (χ0) is 14.1. The van der Waals surface area contributed by atoms with E-state index in [4.69, 9.17) is 0 Å². The van der Waals surface area contributed by atoms with Crippen molar-refractivity contribution in [1.29, 1.82) is 0 Å². The van der Waals surface area contributed by atoms with Crippen LogP contribution in [0, 0.1) is 0 Å². The smallest absolute Gasteiger partial charge is 0.262 e. The number of pyridine rings is 1. The van der Waals surface area contributed by atoms with Crippen LogP contribution < -0.4 is 9.88 Å². The Morgan fingerprint density at radius 2 is 1.52 bits per heavy atom. The van der Waals surface area contributed by atoms with Gasteiger partial charge in [-0.25, -0.2) is 4.98 Å². The van der Waals surface area contributed by atoms with Crippen LogP contribution in [-0.4, -0.2) is 13.1 Å². The van der Waals surface area contributed by atoms with Crippen LogP contribution in [-0.2, 0) is 0 Å². The highest BCUT2D eigenvalue weighted by Gasteiger charge is 2.22. The molecule has 2 nitrogen and oxygen atoms in total. The Labute approximate surface area is 125 Å². The van der Waals surface area contributed by atoms with Crippen molar-refractivity contribution in [3.05, 3.63) is 60.7 Å². The molecular formula is C19H19N2+. The van der Waals surface area contributed by atoms with E-state index >= 15 is 0 Å². The van der Waals surface area contributed by atoms with E-state index < -0.39 is 0 Å². The van der Waals surface area contributed by atoms with E-state index in [-0.39, 0.29) is 0 Å². The normalized spacial score (nSPS) is 14.8. The van der Waals surface area contributed by atoms with Gasteiger partial charge in [-0.1, -0.05) is 48.5 Å². The third kappa shape index (κ3) is 2.27. The highest BCUT2D eigenvalue weighted by Crippen LogP contribution is 2.30. The molecule has 2 heterocycles. The summed E-state index contributed by atoms with van der Waals surface area (Å²) < 4.78 is 0. The Morgan fingerprint density at radius 1 is 0.810 bits per heavy atom. The Morgan fingerprint density at radius 3 is 2.33 bits per heavy atom. The highest BCUT2D eigenvalue weighted by molar-refractivity contribution is 5.93. The van der Waals surface area contributed by atoms with Crippen LogP contribution in [0.5, 0.6) is 0 Å². The molecule has 1 aliphatic rings. The fraction of sp³-hybridized carbons (Fsp3) is 0.211. The van der Waals surface area contributed by atoms with Gasteiger partial charge in [0.2, 0.25) is 0 Å². The molecule has 1 saturated heterocycles. The van der Waals surface area contributed by atoms with Crippen molar-refractivity contribution in [1.82, 2.24) is 0 Å². The molecule has 0 saturated carbocycles. The molecule has 0 amide bonds. The quantitative estimate of drug-likeness (QED) is 0.693. The van der Waals surface area contributed by atoms with Crippen LogP contribution in [0.4, 0.5) is 5.82 Å². The van der Waals surface area contributed by atoms with Crippen LogP contribution in [0.1, 0.15) is 12.8 Å². The SMILES string of the molecule is c1ccc(-c2cc(N3CCCC3)[nH+]c3ccccc23)cc1. The molecule has 21 heavy (non-hydrogen) atoms. The number of anilines is 1. The fourth-order valence-electron chi connectivity index (χ4n) is 3.20. The predicted molar refractivity (Wildman–Crippen MR) is 87.4 cm³/mol. The Balaban J connectivity index is 1.94. The average Bonchev–Trinajstić information content (AvgIpc) is 3.09. The summed E-state index contributed by atoms with van der Waals surface area (Å²) in [4.78, 5) is 6.06. The molecule has 1 fully saturated rings. The van der Waals surface area contributed by atoms with Gasteiger partial charge >= 0.3 is 0 Å². The third-order valence-electron chi connectivity index (χ3n) is 4.29. The summed E-state index contributed by atoms with van der Waals surface area (Å²) in [5.74, 6) is 1.24. The van der Waals surface area contributed by atoms with Crippen molar-refractivity contribution in [2.75, 3.05) is 18.0 Å². The number of aromatic amines is 1. The number of aromatic nitrogens is 1. The summed E-state index contributed by atoms with van der Waals surface area (Å²) in [5, 5.41) is 1.28. The van der Waals surface area contributed by atoms with E-state index in [9.17, 15) is 0 Å². The number of H-pyrrole nitrogens is 1. The fourth-order valence-corrected chi connectivity index (χ4v) is 3.20. The molecular weight excluding hydrogens is 256 g/mol. The minimum atomic E-state index is 1.16. The maximum atomic E-state index is 3.60. The average molecular weight is 275 g/mol. The van der Waals surface area contributed by atoms with Gasteiger partial charge < -0.3 is 0 Å². The van der Waals surface area contributed by atoms with Crippen LogP contribution in [0.2, 0.25) is 0 Å². The van der Waals surface area contributed by atoms with Crippen molar-refractivity contribution in [2.24, 2.45) is 0 Å². The van der Waals surface area contributed by atoms with E-state index in [1.807, 2.05) is 0 Å². The standard InChI is InChI=1S/C19H18N2/c1-2-8-15(9-3-1)17-14-19(21-12-6-7-13-21)20-18-11-5-4-10-16(17)18/h1-5,8-11,14H,6-7,12-13H2/p+1. The molecule has 0 aliphatic carbocycles. The van der Waals surface area contributed by atoms with E-state index in [1.165, 1.54) is 40.7 Å². The lowest BCUT2D eigenvalue weighted by atomic mass is 10.0. The van der Waals surface area contributed by atoms with Crippen molar-refractivity contribution >= 4 is 16.7 Å². The largest absolute Gasteiger partial charge is 0.275 e. The van der Waals surface area contributed by atoms with Gasteiger partial charge in [-0.3, -0.25) is 4.90 Å². The maximum Gasteiger partial charge on any atom is 0.275 e. The van der Waals surface area contributed by atoms with Crippen LogP contribution >= 0.6 is 0 Å². The Bertz CT molecular complexity index is 759. The minimum Gasteiger partial charge on any atom is -0.262 e. The number of hydrogen-bond acceptors (Lipinski definition) is 1. The molecule has 104 valence electrons. The molecule has 2 heteroatoms. The summed E-state index contributed by atoms with van der Waals surface area (Å²) in [6, 6.07) is 21.5. The summed E-state index contributed by atoms with van der Waals surface area (Å²) in [6.45, 7) is 2.31. The minimum absolute atomic E-state index is 1.16. The van der Waals surface area contributed by atoms with Gasteiger partial charge in [-0.05, 0) is 24.5 Å². The molecule has 3 aromatic rings. The number of para-hydroxylation sites is 1. The summed E-state index contributed by atoms with van der Waals surface area (Å²) in [7, 11) is 0. The van der Waals surface area contributed by atoms with E-state index in [0.29, 0.717) is 0 Å². The number of rotatable bonds is 2. The summed E-state index contributed by atoms with van der Waals surface area (Å²) >= 11 is 0. The first kappa shape index (κ1) is 12.4. The monoisotopic (exact) mass is 275 g/mol. The Kier molecular flexibility index (Phi) is 3.07. The molecule has 1 aromatic heterocycles. The predicted octanol–water partition coefficient (Wildman–Crippen LogP) is 3.92. The number of fused-ring (bicyclic) bond motifs is 1. The molecule has 0 radical (unpaired) electrons. The second-order valence-corrected chi connectivity index (χ2v) is 5.67.